The predicted molar refractivity (Wildman–Crippen MR) is 86.8 cm³/mol. The Kier molecular flexibility index (Phi) is 11.5. The summed E-state index contributed by atoms with van der Waals surface area (Å²) in [4.78, 5) is 11.7. The van der Waals surface area contributed by atoms with E-state index in [2.05, 4.69) is 13.5 Å². The van der Waals surface area contributed by atoms with Crippen LogP contribution in [0.25, 0.3) is 0 Å². The van der Waals surface area contributed by atoms with Crippen molar-refractivity contribution in [3.8, 4) is 0 Å². The van der Waals surface area contributed by atoms with Gasteiger partial charge in [-0.1, -0.05) is 70.8 Å². The fourth-order valence-corrected chi connectivity index (χ4v) is 2.02. The summed E-state index contributed by atoms with van der Waals surface area (Å²) in [5, 5.41) is 0. The number of esters is 1. The minimum Gasteiger partial charge on any atom is -0.465 e. The lowest BCUT2D eigenvalue weighted by molar-refractivity contribution is -0.151. The molecule has 2 heteroatoms. The topological polar surface area (TPSA) is 26.3 Å². The molecular weight excluding hydrogens is 248 g/mol. The Morgan fingerprint density at radius 2 is 1.40 bits per heavy atom. The Bertz CT molecular complexity index is 256. The van der Waals surface area contributed by atoms with Crippen LogP contribution in [0.1, 0.15) is 85.0 Å². The highest BCUT2D eigenvalue weighted by Crippen LogP contribution is 2.18. The van der Waals surface area contributed by atoms with E-state index in [4.69, 9.17) is 4.74 Å². The number of hydrogen-bond acceptors (Lipinski definition) is 2. The smallest absolute Gasteiger partial charge is 0.315 e. The van der Waals surface area contributed by atoms with E-state index < -0.39 is 5.41 Å². The summed E-state index contributed by atoms with van der Waals surface area (Å²) in [6.45, 7) is 10.1. The third-order valence-electron chi connectivity index (χ3n) is 3.77. The molecule has 0 aliphatic carbocycles. The quantitative estimate of drug-likeness (QED) is 0.247. The molecule has 0 spiro atoms. The molecule has 0 aliphatic rings. The Labute approximate surface area is 126 Å². The fraction of sp³-hybridized carbons (Fsp3) is 0.833. The Morgan fingerprint density at radius 1 is 0.950 bits per heavy atom. The van der Waals surface area contributed by atoms with Crippen LogP contribution in [0.3, 0.4) is 0 Å². The van der Waals surface area contributed by atoms with Crippen molar-refractivity contribution in [2.45, 2.75) is 85.0 Å². The molecule has 2 nitrogen and oxygen atoms in total. The molecule has 0 unspecified atom stereocenters. The highest BCUT2D eigenvalue weighted by molar-refractivity contribution is 5.77. The van der Waals surface area contributed by atoms with Crippen molar-refractivity contribution in [2.24, 2.45) is 5.41 Å². The first-order valence-electron chi connectivity index (χ1n) is 8.35. The SMILES string of the molecule is C=CC(C)(C)C(=O)OCCCCCCCCCCCC. The van der Waals surface area contributed by atoms with Crippen molar-refractivity contribution in [3.05, 3.63) is 12.7 Å². The van der Waals surface area contributed by atoms with Crippen LogP contribution in [-0.4, -0.2) is 12.6 Å². The summed E-state index contributed by atoms with van der Waals surface area (Å²) in [5.74, 6) is -0.163. The highest BCUT2D eigenvalue weighted by atomic mass is 16.5. The number of carbonyl (C=O) groups excluding carboxylic acids is 1. The standard InChI is InChI=1S/C18H34O2/c1-5-7-8-9-10-11-12-13-14-15-16-20-17(19)18(3,4)6-2/h6H,2,5,7-16H2,1,3-4H3. The summed E-state index contributed by atoms with van der Waals surface area (Å²) < 4.78 is 5.26. The molecule has 0 saturated heterocycles. The first kappa shape index (κ1) is 19.2. The van der Waals surface area contributed by atoms with Crippen LogP contribution in [0.15, 0.2) is 12.7 Å². The lowest BCUT2D eigenvalue weighted by Crippen LogP contribution is -2.24. The van der Waals surface area contributed by atoms with Gasteiger partial charge in [0.25, 0.3) is 0 Å². The van der Waals surface area contributed by atoms with Crippen molar-refractivity contribution in [1.82, 2.24) is 0 Å². The van der Waals surface area contributed by atoms with E-state index in [0.717, 1.165) is 12.8 Å². The number of ether oxygens (including phenoxy) is 1. The summed E-state index contributed by atoms with van der Waals surface area (Å²) >= 11 is 0. The average molecular weight is 282 g/mol. The van der Waals surface area contributed by atoms with Gasteiger partial charge in [-0.15, -0.1) is 6.58 Å². The lowest BCUT2D eigenvalue weighted by Gasteiger charge is -2.17. The first-order chi connectivity index (χ1) is 9.54. The van der Waals surface area contributed by atoms with Crippen LogP contribution < -0.4 is 0 Å². The second kappa shape index (κ2) is 12.0. The summed E-state index contributed by atoms with van der Waals surface area (Å²) in [6.07, 6.45) is 14.6. The number of carbonyl (C=O) groups is 1. The molecule has 0 rings (SSSR count). The molecule has 0 aliphatic heterocycles. The number of hydrogen-bond donors (Lipinski definition) is 0. The molecule has 0 N–H and O–H groups in total. The Hall–Kier alpha value is -0.790. The number of unbranched alkanes of at least 4 members (excludes halogenated alkanes) is 9. The maximum atomic E-state index is 11.7. The van der Waals surface area contributed by atoms with E-state index in [9.17, 15) is 4.79 Å². The van der Waals surface area contributed by atoms with Gasteiger partial charge in [0.2, 0.25) is 0 Å². The van der Waals surface area contributed by atoms with Gasteiger partial charge in [-0.3, -0.25) is 4.79 Å². The molecule has 0 fully saturated rings. The van der Waals surface area contributed by atoms with Gasteiger partial charge in [-0.05, 0) is 20.3 Å². The van der Waals surface area contributed by atoms with Gasteiger partial charge >= 0.3 is 5.97 Å². The lowest BCUT2D eigenvalue weighted by atomic mass is 9.94. The molecule has 20 heavy (non-hydrogen) atoms. The molecule has 0 aromatic carbocycles. The van der Waals surface area contributed by atoms with Crippen LogP contribution >= 0.6 is 0 Å². The maximum absolute atomic E-state index is 11.7. The second-order valence-corrected chi connectivity index (χ2v) is 6.24. The minimum atomic E-state index is -0.557. The van der Waals surface area contributed by atoms with Crippen molar-refractivity contribution in [1.29, 1.82) is 0 Å². The van der Waals surface area contributed by atoms with Crippen molar-refractivity contribution in [3.63, 3.8) is 0 Å². The van der Waals surface area contributed by atoms with Crippen molar-refractivity contribution < 1.29 is 9.53 Å². The molecular formula is C18H34O2. The highest BCUT2D eigenvalue weighted by Gasteiger charge is 2.24. The van der Waals surface area contributed by atoms with Gasteiger partial charge in [0.15, 0.2) is 0 Å². The molecule has 0 aromatic rings. The monoisotopic (exact) mass is 282 g/mol. The average Bonchev–Trinajstić information content (AvgIpc) is 2.44. The summed E-state index contributed by atoms with van der Waals surface area (Å²) in [5.41, 5.74) is -0.557. The normalized spacial score (nSPS) is 11.3. The third kappa shape index (κ3) is 10.1. The molecule has 0 aromatic heterocycles. The Balaban J connectivity index is 3.29. The van der Waals surface area contributed by atoms with Crippen LogP contribution in [-0.2, 0) is 9.53 Å². The molecule has 0 bridgehead atoms. The predicted octanol–water partition coefficient (Wildman–Crippen LogP) is 5.66. The zero-order chi connectivity index (χ0) is 15.3. The van der Waals surface area contributed by atoms with E-state index >= 15 is 0 Å². The van der Waals surface area contributed by atoms with Gasteiger partial charge < -0.3 is 4.74 Å². The fourth-order valence-electron chi connectivity index (χ4n) is 2.02. The zero-order valence-electron chi connectivity index (χ0n) is 13.9. The van der Waals surface area contributed by atoms with E-state index in [-0.39, 0.29) is 5.97 Å². The van der Waals surface area contributed by atoms with Crippen LogP contribution in [0, 0.1) is 5.41 Å². The summed E-state index contributed by atoms with van der Waals surface area (Å²) in [6, 6.07) is 0. The van der Waals surface area contributed by atoms with E-state index in [1.807, 2.05) is 13.8 Å². The number of rotatable bonds is 13. The summed E-state index contributed by atoms with van der Waals surface area (Å²) in [7, 11) is 0. The minimum absolute atomic E-state index is 0.163. The largest absolute Gasteiger partial charge is 0.465 e. The van der Waals surface area contributed by atoms with E-state index in [1.165, 1.54) is 51.4 Å². The van der Waals surface area contributed by atoms with Gasteiger partial charge in [0.1, 0.15) is 0 Å². The molecule has 0 amide bonds. The Morgan fingerprint density at radius 3 is 1.85 bits per heavy atom. The van der Waals surface area contributed by atoms with Crippen molar-refractivity contribution in [2.75, 3.05) is 6.61 Å². The van der Waals surface area contributed by atoms with Crippen LogP contribution in [0.2, 0.25) is 0 Å². The molecule has 0 saturated carbocycles. The van der Waals surface area contributed by atoms with Crippen LogP contribution in [0.4, 0.5) is 0 Å². The van der Waals surface area contributed by atoms with Crippen LogP contribution in [0.5, 0.6) is 0 Å². The zero-order valence-corrected chi connectivity index (χ0v) is 13.9. The van der Waals surface area contributed by atoms with Gasteiger partial charge in [-0.25, -0.2) is 0 Å². The maximum Gasteiger partial charge on any atom is 0.315 e. The van der Waals surface area contributed by atoms with Gasteiger partial charge in [-0.2, -0.15) is 0 Å². The third-order valence-corrected chi connectivity index (χ3v) is 3.77. The molecule has 118 valence electrons. The first-order valence-corrected chi connectivity index (χ1v) is 8.35. The van der Waals surface area contributed by atoms with Gasteiger partial charge in [0.05, 0.1) is 12.0 Å². The second-order valence-electron chi connectivity index (χ2n) is 6.24. The van der Waals surface area contributed by atoms with Gasteiger partial charge in [0, 0.05) is 0 Å². The van der Waals surface area contributed by atoms with Crippen molar-refractivity contribution >= 4 is 5.97 Å². The van der Waals surface area contributed by atoms with E-state index in [1.54, 1.807) is 6.08 Å². The van der Waals surface area contributed by atoms with E-state index in [0.29, 0.717) is 6.61 Å². The molecule has 0 atom stereocenters. The molecule has 0 heterocycles. The molecule has 0 radical (unpaired) electrons.